The van der Waals surface area contributed by atoms with Crippen LogP contribution in [0.4, 0.5) is 4.79 Å². The number of carbonyl (C=O) groups excluding carboxylic acids is 2. The Labute approximate surface area is 110 Å². The number of rotatable bonds is 1. The van der Waals surface area contributed by atoms with Crippen molar-refractivity contribution < 1.29 is 9.59 Å². The molecule has 0 saturated carbocycles. The minimum absolute atomic E-state index is 0.200. The molecule has 1 spiro atoms. The molecular weight excluding hydrogens is 242 g/mol. The smallest absolute Gasteiger partial charge is 0.319 e. The molecule has 3 amide bonds. The van der Waals surface area contributed by atoms with Crippen LogP contribution in [0.25, 0.3) is 0 Å². The van der Waals surface area contributed by atoms with Gasteiger partial charge in [-0.15, -0.1) is 0 Å². The van der Waals surface area contributed by atoms with Crippen molar-refractivity contribution in [3.63, 3.8) is 0 Å². The van der Waals surface area contributed by atoms with Crippen LogP contribution in [0, 0.1) is 11.3 Å². The maximum atomic E-state index is 12.5. The van der Waals surface area contributed by atoms with E-state index >= 15 is 0 Å². The number of nitrogens with zero attached hydrogens (tertiary/aromatic N) is 2. The van der Waals surface area contributed by atoms with Crippen LogP contribution in [0.15, 0.2) is 24.3 Å². The highest BCUT2D eigenvalue weighted by Gasteiger charge is 2.53. The lowest BCUT2D eigenvalue weighted by Gasteiger charge is -2.33. The van der Waals surface area contributed by atoms with E-state index in [0.717, 1.165) is 28.9 Å². The van der Waals surface area contributed by atoms with Crippen LogP contribution >= 0.6 is 0 Å². The highest BCUT2D eigenvalue weighted by Crippen LogP contribution is 2.39. The summed E-state index contributed by atoms with van der Waals surface area (Å²) in [6.07, 6.45) is 2.36. The third kappa shape index (κ3) is 1.53. The molecule has 0 unspecified atom stereocenters. The first-order valence-corrected chi connectivity index (χ1v) is 6.28. The van der Waals surface area contributed by atoms with Gasteiger partial charge in [-0.2, -0.15) is 5.26 Å². The predicted molar refractivity (Wildman–Crippen MR) is 66.9 cm³/mol. The zero-order chi connectivity index (χ0) is 13.5. The number of carbonyl (C=O) groups is 2. The van der Waals surface area contributed by atoms with Gasteiger partial charge in [-0.3, -0.25) is 4.79 Å². The number of aryl methyl sites for hydroxylation is 1. The lowest BCUT2D eigenvalue weighted by Crippen LogP contribution is -2.46. The molecule has 0 aromatic heterocycles. The molecule has 3 rings (SSSR count). The minimum Gasteiger partial charge on any atom is -0.319 e. The number of benzene rings is 1. The zero-order valence-electron chi connectivity index (χ0n) is 10.3. The van der Waals surface area contributed by atoms with Crippen molar-refractivity contribution in [3.05, 3.63) is 35.4 Å². The van der Waals surface area contributed by atoms with Crippen molar-refractivity contribution in [2.75, 3.05) is 6.54 Å². The molecule has 1 heterocycles. The number of nitrogens with one attached hydrogen (secondary N) is 1. The van der Waals surface area contributed by atoms with Crippen molar-refractivity contribution in [1.29, 1.82) is 5.26 Å². The van der Waals surface area contributed by atoms with E-state index in [4.69, 9.17) is 5.26 Å². The second-order valence-electron chi connectivity index (χ2n) is 4.90. The number of fused-ring (bicyclic) bond motifs is 2. The zero-order valence-corrected chi connectivity index (χ0v) is 10.3. The van der Waals surface area contributed by atoms with E-state index in [-0.39, 0.29) is 12.5 Å². The second kappa shape index (κ2) is 4.09. The normalized spacial score (nSPS) is 25.1. The summed E-state index contributed by atoms with van der Waals surface area (Å²) in [5.41, 5.74) is 1.02. The van der Waals surface area contributed by atoms with Crippen molar-refractivity contribution >= 4 is 11.9 Å². The van der Waals surface area contributed by atoms with Gasteiger partial charge in [-0.05, 0) is 30.4 Å². The first kappa shape index (κ1) is 11.7. The summed E-state index contributed by atoms with van der Waals surface area (Å²) < 4.78 is 0. The lowest BCUT2D eigenvalue weighted by molar-refractivity contribution is -0.131. The first-order valence-electron chi connectivity index (χ1n) is 6.28. The van der Waals surface area contributed by atoms with Gasteiger partial charge in [0.25, 0.3) is 5.91 Å². The van der Waals surface area contributed by atoms with Crippen molar-refractivity contribution in [3.8, 4) is 6.07 Å². The summed E-state index contributed by atoms with van der Waals surface area (Å²) in [5, 5.41) is 11.5. The molecular formula is C14H13N3O2. The minimum atomic E-state index is -0.956. The van der Waals surface area contributed by atoms with Gasteiger partial charge in [0.05, 0.1) is 6.07 Å². The molecule has 0 radical (unpaired) electrons. The quantitative estimate of drug-likeness (QED) is 0.607. The van der Waals surface area contributed by atoms with Crippen LogP contribution in [0.3, 0.4) is 0 Å². The highest BCUT2D eigenvalue weighted by molar-refractivity contribution is 6.07. The van der Waals surface area contributed by atoms with Crippen LogP contribution < -0.4 is 5.32 Å². The van der Waals surface area contributed by atoms with Gasteiger partial charge >= 0.3 is 6.03 Å². The molecule has 19 heavy (non-hydrogen) atoms. The predicted octanol–water partition coefficient (Wildman–Crippen LogP) is 1.29. The summed E-state index contributed by atoms with van der Waals surface area (Å²) in [5.74, 6) is -0.300. The molecule has 1 saturated heterocycles. The van der Waals surface area contributed by atoms with E-state index in [0.29, 0.717) is 6.42 Å². The Kier molecular flexibility index (Phi) is 2.53. The van der Waals surface area contributed by atoms with E-state index < -0.39 is 11.6 Å². The molecule has 1 atom stereocenters. The van der Waals surface area contributed by atoms with Crippen LogP contribution in [0.1, 0.15) is 24.0 Å². The van der Waals surface area contributed by atoms with Gasteiger partial charge in [-0.1, -0.05) is 24.3 Å². The standard InChI is InChI=1S/C14H13N3O2/c15-8-9-17-12(18)14(16-13(17)19)7-3-5-10-4-1-2-6-11(10)14/h1-2,4,6H,3,5,7,9H2,(H,16,19)/t14-/m0/s1. The Balaban J connectivity index is 2.09. The third-order valence-electron chi connectivity index (χ3n) is 3.88. The molecule has 1 fully saturated rings. The molecule has 1 aliphatic heterocycles. The Morgan fingerprint density at radius 3 is 2.95 bits per heavy atom. The molecule has 5 nitrogen and oxygen atoms in total. The molecule has 1 aromatic rings. The van der Waals surface area contributed by atoms with E-state index in [2.05, 4.69) is 5.32 Å². The van der Waals surface area contributed by atoms with Crippen LogP contribution in [-0.2, 0) is 16.8 Å². The number of hydrogen-bond acceptors (Lipinski definition) is 3. The molecule has 1 aromatic carbocycles. The first-order chi connectivity index (χ1) is 9.19. The van der Waals surface area contributed by atoms with Gasteiger partial charge in [0.1, 0.15) is 12.1 Å². The Morgan fingerprint density at radius 1 is 1.37 bits per heavy atom. The van der Waals surface area contributed by atoms with E-state index in [1.807, 2.05) is 30.3 Å². The fourth-order valence-electron chi connectivity index (χ4n) is 3.03. The number of hydrogen-bond donors (Lipinski definition) is 1. The molecule has 2 aliphatic rings. The third-order valence-corrected chi connectivity index (χ3v) is 3.88. The number of amides is 3. The Bertz CT molecular complexity index is 605. The number of nitriles is 1. The van der Waals surface area contributed by atoms with Crippen LogP contribution in [0.2, 0.25) is 0 Å². The van der Waals surface area contributed by atoms with Crippen molar-refractivity contribution in [2.45, 2.75) is 24.8 Å². The van der Waals surface area contributed by atoms with Gasteiger partial charge in [0, 0.05) is 0 Å². The fraction of sp³-hybridized carbons (Fsp3) is 0.357. The van der Waals surface area contributed by atoms with Crippen molar-refractivity contribution in [2.24, 2.45) is 0 Å². The van der Waals surface area contributed by atoms with Gasteiger partial charge in [0.15, 0.2) is 0 Å². The average Bonchev–Trinajstić information content (AvgIpc) is 2.65. The summed E-state index contributed by atoms with van der Waals surface area (Å²) in [6, 6.07) is 9.08. The van der Waals surface area contributed by atoms with Crippen LogP contribution in [-0.4, -0.2) is 23.4 Å². The maximum Gasteiger partial charge on any atom is 0.326 e. The van der Waals surface area contributed by atoms with E-state index in [1.54, 1.807) is 0 Å². The molecule has 0 bridgehead atoms. The van der Waals surface area contributed by atoms with Crippen LogP contribution in [0.5, 0.6) is 0 Å². The van der Waals surface area contributed by atoms with Gasteiger partial charge in [-0.25, -0.2) is 9.69 Å². The SMILES string of the molecule is N#CCN1C(=O)N[C@]2(CCCc3ccccc32)C1=O. The summed E-state index contributed by atoms with van der Waals surface area (Å²) in [6.45, 7) is -0.200. The molecule has 96 valence electrons. The maximum absolute atomic E-state index is 12.5. The lowest BCUT2D eigenvalue weighted by atomic mass is 9.76. The Morgan fingerprint density at radius 2 is 2.16 bits per heavy atom. The monoisotopic (exact) mass is 255 g/mol. The number of urea groups is 1. The largest absolute Gasteiger partial charge is 0.326 e. The molecule has 1 N–H and O–H groups in total. The summed E-state index contributed by atoms with van der Waals surface area (Å²) >= 11 is 0. The second-order valence-corrected chi connectivity index (χ2v) is 4.90. The molecule has 5 heteroatoms. The topological polar surface area (TPSA) is 73.2 Å². The van der Waals surface area contributed by atoms with E-state index in [9.17, 15) is 9.59 Å². The molecule has 1 aliphatic carbocycles. The van der Waals surface area contributed by atoms with Gasteiger partial charge in [0.2, 0.25) is 0 Å². The number of imide groups is 1. The Hall–Kier alpha value is -2.35. The van der Waals surface area contributed by atoms with E-state index in [1.165, 1.54) is 0 Å². The summed E-state index contributed by atoms with van der Waals surface area (Å²) in [4.78, 5) is 25.4. The average molecular weight is 255 g/mol. The van der Waals surface area contributed by atoms with Crippen molar-refractivity contribution in [1.82, 2.24) is 10.2 Å². The highest BCUT2D eigenvalue weighted by atomic mass is 16.2. The fourth-order valence-corrected chi connectivity index (χ4v) is 3.03. The van der Waals surface area contributed by atoms with Gasteiger partial charge < -0.3 is 5.32 Å². The summed E-state index contributed by atoms with van der Waals surface area (Å²) in [7, 11) is 0.